The summed E-state index contributed by atoms with van der Waals surface area (Å²) in [6.07, 6.45) is 5.59. The van der Waals surface area contributed by atoms with E-state index in [4.69, 9.17) is 0 Å². The van der Waals surface area contributed by atoms with Crippen LogP contribution in [0.2, 0.25) is 0 Å². The van der Waals surface area contributed by atoms with Gasteiger partial charge in [-0.25, -0.2) is 0 Å². The van der Waals surface area contributed by atoms with Crippen LogP contribution in [0.3, 0.4) is 0 Å². The van der Waals surface area contributed by atoms with E-state index in [0.29, 0.717) is 5.56 Å². The molecular formula is C19H25N3O. The summed E-state index contributed by atoms with van der Waals surface area (Å²) in [5.74, 6) is -0.124. The highest BCUT2D eigenvalue weighted by Crippen LogP contribution is 2.18. The summed E-state index contributed by atoms with van der Waals surface area (Å²) < 4.78 is 0. The summed E-state index contributed by atoms with van der Waals surface area (Å²) in [6, 6.07) is 9.69. The first kappa shape index (κ1) is 17.0. The minimum Gasteiger partial charge on any atom is -0.370 e. The first-order valence-corrected chi connectivity index (χ1v) is 8.22. The van der Waals surface area contributed by atoms with Crippen molar-refractivity contribution in [3.8, 4) is 0 Å². The maximum absolute atomic E-state index is 12.5. The lowest BCUT2D eigenvalue weighted by Gasteiger charge is -2.23. The van der Waals surface area contributed by atoms with Crippen LogP contribution in [0.1, 0.15) is 42.6 Å². The molecule has 23 heavy (non-hydrogen) atoms. The predicted octanol–water partition coefficient (Wildman–Crippen LogP) is 4.27. The van der Waals surface area contributed by atoms with Crippen LogP contribution in [0, 0.1) is 6.92 Å². The molecule has 0 aliphatic heterocycles. The van der Waals surface area contributed by atoms with Gasteiger partial charge >= 0.3 is 0 Å². The molecule has 0 saturated carbocycles. The number of aromatic nitrogens is 1. The third-order valence-corrected chi connectivity index (χ3v) is 3.73. The minimum absolute atomic E-state index is 0.124. The second-order valence-electron chi connectivity index (χ2n) is 5.69. The number of carbonyl (C=O) groups is 1. The fraction of sp³-hybridized carbons (Fsp3) is 0.368. The molecule has 0 aliphatic rings. The number of hydrogen-bond donors (Lipinski definition) is 1. The molecule has 1 heterocycles. The molecular weight excluding hydrogens is 286 g/mol. The van der Waals surface area contributed by atoms with E-state index in [1.165, 1.54) is 0 Å². The Balaban J connectivity index is 2.18. The van der Waals surface area contributed by atoms with Crippen LogP contribution in [-0.4, -0.2) is 24.0 Å². The molecule has 2 aromatic rings. The van der Waals surface area contributed by atoms with Gasteiger partial charge in [0.2, 0.25) is 0 Å². The van der Waals surface area contributed by atoms with E-state index in [9.17, 15) is 4.79 Å². The lowest BCUT2D eigenvalue weighted by atomic mass is 10.2. The zero-order valence-electron chi connectivity index (χ0n) is 14.2. The number of nitrogens with zero attached hydrogens (tertiary/aromatic N) is 2. The monoisotopic (exact) mass is 311 g/mol. The average molecular weight is 311 g/mol. The van der Waals surface area contributed by atoms with E-state index >= 15 is 0 Å². The van der Waals surface area contributed by atoms with Crippen LogP contribution in [0.15, 0.2) is 42.7 Å². The summed E-state index contributed by atoms with van der Waals surface area (Å²) >= 11 is 0. The van der Waals surface area contributed by atoms with Crippen molar-refractivity contribution in [1.82, 2.24) is 4.98 Å². The van der Waals surface area contributed by atoms with Gasteiger partial charge < -0.3 is 10.2 Å². The third kappa shape index (κ3) is 4.55. The Morgan fingerprint density at radius 2 is 1.83 bits per heavy atom. The van der Waals surface area contributed by atoms with Crippen molar-refractivity contribution in [2.24, 2.45) is 0 Å². The van der Waals surface area contributed by atoms with Gasteiger partial charge in [0.15, 0.2) is 0 Å². The number of rotatable bonds is 7. The number of carbonyl (C=O) groups excluding carboxylic acids is 1. The van der Waals surface area contributed by atoms with Crippen molar-refractivity contribution in [3.63, 3.8) is 0 Å². The zero-order valence-corrected chi connectivity index (χ0v) is 14.2. The molecule has 0 bridgehead atoms. The Morgan fingerprint density at radius 1 is 1.13 bits per heavy atom. The van der Waals surface area contributed by atoms with Gasteiger partial charge in [-0.1, -0.05) is 32.0 Å². The van der Waals surface area contributed by atoms with E-state index < -0.39 is 0 Å². The fourth-order valence-corrected chi connectivity index (χ4v) is 2.54. The molecule has 122 valence electrons. The number of anilines is 2. The largest absolute Gasteiger partial charge is 0.370 e. The third-order valence-electron chi connectivity index (χ3n) is 3.73. The van der Waals surface area contributed by atoms with Crippen LogP contribution in [-0.2, 0) is 0 Å². The van der Waals surface area contributed by atoms with Gasteiger partial charge in [-0.3, -0.25) is 9.78 Å². The number of benzene rings is 1. The number of nitrogens with one attached hydrogen (secondary N) is 1. The molecule has 1 N–H and O–H groups in total. The van der Waals surface area contributed by atoms with Crippen LogP contribution in [0.25, 0.3) is 0 Å². The molecule has 1 aromatic carbocycles. The highest BCUT2D eigenvalue weighted by Gasteiger charge is 2.11. The number of aryl methyl sites for hydroxylation is 1. The molecule has 0 spiro atoms. The smallest absolute Gasteiger partial charge is 0.257 e. The average Bonchev–Trinajstić information content (AvgIpc) is 2.57. The normalized spacial score (nSPS) is 10.4. The molecule has 0 radical (unpaired) electrons. The molecule has 1 amide bonds. The Hall–Kier alpha value is -2.36. The molecule has 4 nitrogen and oxygen atoms in total. The quantitative estimate of drug-likeness (QED) is 0.830. The van der Waals surface area contributed by atoms with Gasteiger partial charge in [-0.2, -0.15) is 0 Å². The summed E-state index contributed by atoms with van der Waals surface area (Å²) in [7, 11) is 0. The second kappa shape index (κ2) is 8.32. The molecule has 0 aliphatic carbocycles. The molecule has 0 atom stereocenters. The Kier molecular flexibility index (Phi) is 6.15. The van der Waals surface area contributed by atoms with Gasteiger partial charge in [-0.05, 0) is 37.5 Å². The Bertz CT molecular complexity index is 649. The first-order valence-electron chi connectivity index (χ1n) is 8.22. The number of para-hydroxylation sites is 1. The summed E-state index contributed by atoms with van der Waals surface area (Å²) in [5.41, 5.74) is 3.47. The molecule has 0 fully saturated rings. The van der Waals surface area contributed by atoms with Crippen molar-refractivity contribution in [1.29, 1.82) is 0 Å². The van der Waals surface area contributed by atoms with Crippen molar-refractivity contribution in [2.45, 2.75) is 33.6 Å². The lowest BCUT2D eigenvalue weighted by Crippen LogP contribution is -2.25. The van der Waals surface area contributed by atoms with Gasteiger partial charge in [0.25, 0.3) is 5.91 Å². The van der Waals surface area contributed by atoms with Crippen molar-refractivity contribution in [2.75, 3.05) is 23.3 Å². The molecule has 4 heteroatoms. The number of amides is 1. The highest BCUT2D eigenvalue weighted by atomic mass is 16.1. The predicted molar refractivity (Wildman–Crippen MR) is 96.2 cm³/mol. The summed E-state index contributed by atoms with van der Waals surface area (Å²) in [4.78, 5) is 19.0. The Morgan fingerprint density at radius 3 is 2.48 bits per heavy atom. The number of pyridine rings is 1. The van der Waals surface area contributed by atoms with Gasteiger partial charge in [0, 0.05) is 25.0 Å². The summed E-state index contributed by atoms with van der Waals surface area (Å²) in [5, 5.41) is 2.96. The SMILES string of the molecule is CCCN(CCC)c1cncc(C(=O)Nc2ccccc2C)c1. The van der Waals surface area contributed by atoms with Crippen LogP contribution < -0.4 is 10.2 Å². The van der Waals surface area contributed by atoms with E-state index in [1.807, 2.05) is 43.5 Å². The van der Waals surface area contributed by atoms with Crippen molar-refractivity contribution < 1.29 is 4.79 Å². The fourth-order valence-electron chi connectivity index (χ4n) is 2.54. The van der Waals surface area contributed by atoms with E-state index in [-0.39, 0.29) is 5.91 Å². The van der Waals surface area contributed by atoms with Gasteiger partial charge in [-0.15, -0.1) is 0 Å². The standard InChI is InChI=1S/C19H25N3O/c1-4-10-22(11-5-2)17-12-16(13-20-14-17)19(23)21-18-9-7-6-8-15(18)3/h6-9,12-14H,4-5,10-11H2,1-3H3,(H,21,23). The first-order chi connectivity index (χ1) is 11.2. The topological polar surface area (TPSA) is 45.2 Å². The van der Waals surface area contributed by atoms with Crippen LogP contribution >= 0.6 is 0 Å². The molecule has 1 aromatic heterocycles. The van der Waals surface area contributed by atoms with E-state index in [2.05, 4.69) is 29.0 Å². The van der Waals surface area contributed by atoms with Gasteiger partial charge in [0.05, 0.1) is 17.4 Å². The Labute approximate surface area is 138 Å². The van der Waals surface area contributed by atoms with E-state index in [1.54, 1.807) is 6.20 Å². The van der Waals surface area contributed by atoms with Crippen molar-refractivity contribution in [3.05, 3.63) is 53.9 Å². The number of hydrogen-bond acceptors (Lipinski definition) is 3. The molecule has 0 unspecified atom stereocenters. The second-order valence-corrected chi connectivity index (χ2v) is 5.69. The van der Waals surface area contributed by atoms with Crippen LogP contribution in [0.4, 0.5) is 11.4 Å². The maximum Gasteiger partial charge on any atom is 0.257 e. The summed E-state index contributed by atoms with van der Waals surface area (Å²) in [6.45, 7) is 8.24. The van der Waals surface area contributed by atoms with Crippen molar-refractivity contribution >= 4 is 17.3 Å². The zero-order chi connectivity index (χ0) is 16.7. The minimum atomic E-state index is -0.124. The van der Waals surface area contributed by atoms with E-state index in [0.717, 1.165) is 42.9 Å². The van der Waals surface area contributed by atoms with Gasteiger partial charge in [0.1, 0.15) is 0 Å². The highest BCUT2D eigenvalue weighted by molar-refractivity contribution is 6.04. The lowest BCUT2D eigenvalue weighted by molar-refractivity contribution is 0.102. The molecule has 2 rings (SSSR count). The maximum atomic E-state index is 12.5. The van der Waals surface area contributed by atoms with Crippen LogP contribution in [0.5, 0.6) is 0 Å². The molecule has 0 saturated heterocycles.